The van der Waals surface area contributed by atoms with Gasteiger partial charge in [0.25, 0.3) is 11.8 Å². The summed E-state index contributed by atoms with van der Waals surface area (Å²) in [4.78, 5) is 28.4. The molecular weight excluding hydrogens is 303 g/mol. The molecule has 2 heterocycles. The number of amides is 2. The largest absolute Gasteiger partial charge is 0.459 e. The van der Waals surface area contributed by atoms with Gasteiger partial charge in [-0.3, -0.25) is 14.5 Å². The third kappa shape index (κ3) is 2.46. The second-order valence-corrected chi connectivity index (χ2v) is 4.76. The summed E-state index contributed by atoms with van der Waals surface area (Å²) in [5.41, 5.74) is -3.31. The summed E-state index contributed by atoms with van der Waals surface area (Å²) in [6.45, 7) is 3.10. The van der Waals surface area contributed by atoms with Crippen molar-refractivity contribution in [3.8, 4) is 0 Å². The Kier molecular flexibility index (Phi) is 3.99. The van der Waals surface area contributed by atoms with E-state index in [0.717, 1.165) is 11.2 Å². The predicted octanol–water partition coefficient (Wildman–Crippen LogP) is 1.94. The third-order valence-electron chi connectivity index (χ3n) is 3.17. The Morgan fingerprint density at radius 2 is 2.18 bits per heavy atom. The summed E-state index contributed by atoms with van der Waals surface area (Å²) in [6.07, 6.45) is -3.47. The van der Waals surface area contributed by atoms with Gasteiger partial charge in [0.2, 0.25) is 0 Å². The maximum atomic E-state index is 13.5. The smallest absolute Gasteiger partial charge is 0.442 e. The van der Waals surface area contributed by atoms with Crippen LogP contribution in [0.3, 0.4) is 0 Å². The molecule has 0 saturated carbocycles. The lowest BCUT2D eigenvalue weighted by atomic mass is 10.1. The molecular formula is C13H14F3N3O3. The van der Waals surface area contributed by atoms with E-state index in [-0.39, 0.29) is 18.1 Å². The van der Waals surface area contributed by atoms with Crippen molar-refractivity contribution in [3.63, 3.8) is 0 Å². The minimum absolute atomic E-state index is 0.0859. The van der Waals surface area contributed by atoms with Crippen LogP contribution in [0.1, 0.15) is 30.8 Å². The van der Waals surface area contributed by atoms with Crippen LogP contribution in [-0.4, -0.2) is 40.9 Å². The van der Waals surface area contributed by atoms with Crippen LogP contribution < -0.4 is 5.32 Å². The van der Waals surface area contributed by atoms with Crippen LogP contribution in [0.5, 0.6) is 0 Å². The Labute approximate surface area is 124 Å². The topological polar surface area (TPSA) is 74.9 Å². The number of rotatable bonds is 4. The molecule has 1 aliphatic heterocycles. The van der Waals surface area contributed by atoms with Crippen molar-refractivity contribution >= 4 is 17.6 Å². The Balaban J connectivity index is 2.39. The molecule has 6 nitrogen and oxygen atoms in total. The summed E-state index contributed by atoms with van der Waals surface area (Å²) in [7, 11) is 0. The van der Waals surface area contributed by atoms with Crippen molar-refractivity contribution < 1.29 is 27.2 Å². The predicted molar refractivity (Wildman–Crippen MR) is 70.1 cm³/mol. The Bertz CT molecular complexity index is 610. The summed E-state index contributed by atoms with van der Waals surface area (Å²) in [5, 5.41) is 1.67. The molecule has 0 aliphatic carbocycles. The molecule has 0 aromatic carbocycles. The minimum atomic E-state index is -5.07. The number of nitrogens with one attached hydrogen (secondary N) is 1. The van der Waals surface area contributed by atoms with Gasteiger partial charge in [0.05, 0.1) is 6.26 Å². The molecule has 0 spiro atoms. The number of furan rings is 1. The Hall–Kier alpha value is -2.32. The summed E-state index contributed by atoms with van der Waals surface area (Å²) >= 11 is 0. The first kappa shape index (κ1) is 16.1. The zero-order chi connectivity index (χ0) is 16.5. The van der Waals surface area contributed by atoms with E-state index in [9.17, 15) is 22.8 Å². The molecule has 2 amide bonds. The van der Waals surface area contributed by atoms with E-state index in [1.165, 1.54) is 19.1 Å². The van der Waals surface area contributed by atoms with Gasteiger partial charge in [-0.2, -0.15) is 13.2 Å². The van der Waals surface area contributed by atoms with Crippen LogP contribution in [0.2, 0.25) is 0 Å². The second-order valence-electron chi connectivity index (χ2n) is 4.76. The van der Waals surface area contributed by atoms with Crippen LogP contribution in [0, 0.1) is 0 Å². The van der Waals surface area contributed by atoms with E-state index >= 15 is 0 Å². The quantitative estimate of drug-likeness (QED) is 0.922. The van der Waals surface area contributed by atoms with E-state index in [1.807, 2.05) is 0 Å². The molecule has 0 fully saturated rings. The maximum Gasteiger partial charge on any atom is 0.442 e. The van der Waals surface area contributed by atoms with E-state index in [1.54, 1.807) is 12.2 Å². The van der Waals surface area contributed by atoms with Gasteiger partial charge in [0.15, 0.2) is 5.76 Å². The third-order valence-corrected chi connectivity index (χ3v) is 3.17. The van der Waals surface area contributed by atoms with Gasteiger partial charge in [-0.25, -0.2) is 4.99 Å². The number of carbonyl (C=O) groups is 2. The highest BCUT2D eigenvalue weighted by molar-refractivity contribution is 6.10. The fourth-order valence-electron chi connectivity index (χ4n) is 2.15. The molecule has 1 aromatic rings. The molecule has 0 bridgehead atoms. The zero-order valence-corrected chi connectivity index (χ0v) is 11.9. The first-order valence-electron chi connectivity index (χ1n) is 6.54. The van der Waals surface area contributed by atoms with E-state index in [0.29, 0.717) is 6.42 Å². The van der Waals surface area contributed by atoms with Crippen molar-refractivity contribution in [3.05, 3.63) is 24.2 Å². The van der Waals surface area contributed by atoms with E-state index in [4.69, 9.17) is 4.42 Å². The molecule has 1 unspecified atom stereocenters. The van der Waals surface area contributed by atoms with Gasteiger partial charge < -0.3 is 9.73 Å². The number of carbonyl (C=O) groups excluding carboxylic acids is 2. The van der Waals surface area contributed by atoms with Crippen LogP contribution in [0.25, 0.3) is 0 Å². The molecule has 120 valence electrons. The molecule has 9 heteroatoms. The number of amidine groups is 1. The lowest BCUT2D eigenvalue weighted by molar-refractivity contribution is -0.196. The summed E-state index contributed by atoms with van der Waals surface area (Å²) in [5.74, 6) is -2.91. The number of nitrogens with zero attached hydrogens (tertiary/aromatic N) is 2. The Morgan fingerprint density at radius 1 is 1.50 bits per heavy atom. The number of alkyl halides is 3. The Morgan fingerprint density at radius 3 is 2.68 bits per heavy atom. The SMILES string of the molecule is CCCN1C(=O)C(NC(=O)c2ccco2)(C(F)(F)F)N=C1C. The zero-order valence-electron chi connectivity index (χ0n) is 11.9. The molecule has 0 radical (unpaired) electrons. The minimum Gasteiger partial charge on any atom is -0.459 e. The summed E-state index contributed by atoms with van der Waals surface area (Å²) in [6, 6.07) is 2.54. The average molecular weight is 317 g/mol. The standard InChI is InChI=1S/C13H14F3N3O3/c1-3-6-19-8(2)17-12(11(19)21,13(14,15)16)18-10(20)9-5-4-7-22-9/h4-5,7H,3,6H2,1-2H3,(H,18,20). The normalized spacial score (nSPS) is 22.0. The van der Waals surface area contributed by atoms with Crippen molar-refractivity contribution in [2.75, 3.05) is 6.54 Å². The van der Waals surface area contributed by atoms with Gasteiger partial charge in [0, 0.05) is 6.54 Å². The van der Waals surface area contributed by atoms with Crippen LogP contribution in [0.4, 0.5) is 13.2 Å². The number of hydrogen-bond acceptors (Lipinski definition) is 4. The van der Waals surface area contributed by atoms with Crippen LogP contribution >= 0.6 is 0 Å². The van der Waals surface area contributed by atoms with Gasteiger partial charge >= 0.3 is 11.8 Å². The van der Waals surface area contributed by atoms with Crippen LogP contribution in [0.15, 0.2) is 27.8 Å². The molecule has 1 atom stereocenters. The van der Waals surface area contributed by atoms with Crippen molar-refractivity contribution in [2.24, 2.45) is 4.99 Å². The molecule has 2 rings (SSSR count). The summed E-state index contributed by atoms with van der Waals surface area (Å²) < 4.78 is 45.1. The number of aliphatic imine (C=N–C) groups is 1. The van der Waals surface area contributed by atoms with Gasteiger partial charge in [-0.15, -0.1) is 0 Å². The fraction of sp³-hybridized carbons (Fsp3) is 0.462. The van der Waals surface area contributed by atoms with Gasteiger partial charge in [0.1, 0.15) is 5.84 Å². The first-order chi connectivity index (χ1) is 10.2. The second kappa shape index (κ2) is 5.47. The lowest BCUT2D eigenvalue weighted by Gasteiger charge is -2.28. The average Bonchev–Trinajstić information content (AvgIpc) is 3.02. The molecule has 1 aliphatic rings. The highest BCUT2D eigenvalue weighted by Gasteiger charge is 2.66. The van der Waals surface area contributed by atoms with Crippen molar-refractivity contribution in [2.45, 2.75) is 32.1 Å². The van der Waals surface area contributed by atoms with Crippen molar-refractivity contribution in [1.82, 2.24) is 10.2 Å². The van der Waals surface area contributed by atoms with Gasteiger partial charge in [-0.05, 0) is 25.5 Å². The molecule has 1 N–H and O–H groups in total. The van der Waals surface area contributed by atoms with E-state index < -0.39 is 23.7 Å². The van der Waals surface area contributed by atoms with Gasteiger partial charge in [-0.1, -0.05) is 6.92 Å². The maximum absolute atomic E-state index is 13.5. The highest BCUT2D eigenvalue weighted by atomic mass is 19.4. The van der Waals surface area contributed by atoms with Crippen LogP contribution in [-0.2, 0) is 4.79 Å². The fourth-order valence-corrected chi connectivity index (χ4v) is 2.15. The number of halogens is 3. The molecule has 22 heavy (non-hydrogen) atoms. The first-order valence-corrected chi connectivity index (χ1v) is 6.54. The monoisotopic (exact) mass is 317 g/mol. The van der Waals surface area contributed by atoms with Crippen molar-refractivity contribution in [1.29, 1.82) is 0 Å². The number of hydrogen-bond donors (Lipinski definition) is 1. The lowest BCUT2D eigenvalue weighted by Crippen LogP contribution is -2.63. The molecule has 1 aromatic heterocycles. The highest BCUT2D eigenvalue weighted by Crippen LogP contribution is 2.37. The molecule has 0 saturated heterocycles. The van der Waals surface area contributed by atoms with E-state index in [2.05, 4.69) is 4.99 Å².